The molecule has 0 radical (unpaired) electrons. The van der Waals surface area contributed by atoms with Crippen LogP contribution in [-0.4, -0.2) is 39.9 Å². The lowest BCUT2D eigenvalue weighted by atomic mass is 9.97. The largest absolute Gasteiger partial charge is 0.308 e. The third-order valence-electron chi connectivity index (χ3n) is 4.88. The van der Waals surface area contributed by atoms with Crippen LogP contribution in [0.2, 0.25) is 0 Å². The highest BCUT2D eigenvalue weighted by atomic mass is 79.9. The lowest BCUT2D eigenvalue weighted by Crippen LogP contribution is -2.45. The van der Waals surface area contributed by atoms with Crippen LogP contribution in [0, 0.1) is 0 Å². The van der Waals surface area contributed by atoms with Crippen molar-refractivity contribution in [3.8, 4) is 0 Å². The first kappa shape index (κ1) is 14.5. The summed E-state index contributed by atoms with van der Waals surface area (Å²) >= 11 is 3.70. The summed E-state index contributed by atoms with van der Waals surface area (Å²) in [6.07, 6.45) is 6.37. The zero-order valence-electron chi connectivity index (χ0n) is 12.5. The van der Waals surface area contributed by atoms with Crippen molar-refractivity contribution in [1.29, 1.82) is 0 Å². The first-order valence-electron chi connectivity index (χ1n) is 7.86. The minimum absolute atomic E-state index is 0.668. The van der Waals surface area contributed by atoms with Gasteiger partial charge in [-0.25, -0.2) is 0 Å². The molecule has 0 spiro atoms. The Labute approximate surface area is 130 Å². The summed E-state index contributed by atoms with van der Waals surface area (Å²) in [7, 11) is 2.04. The summed E-state index contributed by atoms with van der Waals surface area (Å²) in [6, 6.07) is 1.50. The molecule has 0 amide bonds. The van der Waals surface area contributed by atoms with E-state index in [1.54, 1.807) is 0 Å². The highest BCUT2D eigenvalue weighted by Gasteiger charge is 2.31. The van der Waals surface area contributed by atoms with Crippen molar-refractivity contribution in [2.24, 2.45) is 7.05 Å². The molecule has 2 atom stereocenters. The van der Waals surface area contributed by atoms with Crippen LogP contribution >= 0.6 is 15.9 Å². The predicted molar refractivity (Wildman–Crippen MR) is 84.7 cm³/mol. The van der Waals surface area contributed by atoms with E-state index in [1.807, 2.05) is 11.7 Å². The minimum Gasteiger partial charge on any atom is -0.308 e. The quantitative estimate of drug-likeness (QED) is 0.913. The number of rotatable bonds is 4. The van der Waals surface area contributed by atoms with E-state index in [1.165, 1.54) is 48.9 Å². The van der Waals surface area contributed by atoms with E-state index in [-0.39, 0.29) is 0 Å². The fraction of sp³-hybridized carbons (Fsp3) is 0.800. The molecule has 3 rings (SSSR count). The van der Waals surface area contributed by atoms with Crippen molar-refractivity contribution in [3.05, 3.63) is 15.9 Å². The summed E-state index contributed by atoms with van der Waals surface area (Å²) in [6.45, 7) is 5.67. The van der Waals surface area contributed by atoms with Gasteiger partial charge >= 0.3 is 0 Å². The highest BCUT2D eigenvalue weighted by Crippen LogP contribution is 2.27. The van der Waals surface area contributed by atoms with Crippen LogP contribution in [0.15, 0.2) is 4.47 Å². The van der Waals surface area contributed by atoms with Crippen molar-refractivity contribution in [2.45, 2.75) is 57.7 Å². The second-order valence-electron chi connectivity index (χ2n) is 6.12. The molecular weight excluding hydrogens is 316 g/mol. The second kappa shape index (κ2) is 6.16. The number of halogens is 1. The zero-order valence-corrected chi connectivity index (χ0v) is 14.1. The number of nitrogens with zero attached hydrogens (tertiary/aromatic N) is 3. The van der Waals surface area contributed by atoms with Gasteiger partial charge in [0.25, 0.3) is 0 Å². The minimum atomic E-state index is 0.668. The zero-order chi connectivity index (χ0) is 14.1. The summed E-state index contributed by atoms with van der Waals surface area (Å²) < 4.78 is 3.20. The Kier molecular flexibility index (Phi) is 4.48. The predicted octanol–water partition coefficient (Wildman–Crippen LogP) is 2.46. The van der Waals surface area contributed by atoms with Gasteiger partial charge in [-0.3, -0.25) is 4.68 Å². The molecule has 2 unspecified atom stereocenters. The van der Waals surface area contributed by atoms with Gasteiger partial charge in [0.1, 0.15) is 0 Å². The van der Waals surface area contributed by atoms with E-state index in [0.717, 1.165) is 24.7 Å². The van der Waals surface area contributed by atoms with Crippen LogP contribution in [0.25, 0.3) is 0 Å². The molecule has 0 aromatic carbocycles. The van der Waals surface area contributed by atoms with Gasteiger partial charge in [0.05, 0.1) is 15.9 Å². The Morgan fingerprint density at radius 2 is 2.20 bits per heavy atom. The van der Waals surface area contributed by atoms with Crippen molar-refractivity contribution in [2.75, 3.05) is 13.1 Å². The van der Waals surface area contributed by atoms with Crippen LogP contribution in [0.5, 0.6) is 0 Å². The molecule has 4 nitrogen and oxygen atoms in total. The number of fused-ring (bicyclic) bond motifs is 1. The fourth-order valence-corrected chi connectivity index (χ4v) is 4.42. The summed E-state index contributed by atoms with van der Waals surface area (Å²) in [4.78, 5) is 2.67. The molecule has 0 aliphatic carbocycles. The molecule has 2 saturated heterocycles. The molecular formula is C15H25BrN4. The Hall–Kier alpha value is -0.390. The molecule has 5 heteroatoms. The van der Waals surface area contributed by atoms with Crippen LogP contribution in [-0.2, 0) is 20.0 Å². The molecule has 1 N–H and O–H groups in total. The van der Waals surface area contributed by atoms with Gasteiger partial charge in [0.15, 0.2) is 0 Å². The lowest BCUT2D eigenvalue weighted by molar-refractivity contribution is 0.166. The highest BCUT2D eigenvalue weighted by molar-refractivity contribution is 9.10. The monoisotopic (exact) mass is 340 g/mol. The third kappa shape index (κ3) is 2.81. The average molecular weight is 341 g/mol. The molecule has 1 aromatic rings. The number of hydrogen-bond acceptors (Lipinski definition) is 3. The molecule has 1 aromatic heterocycles. The van der Waals surface area contributed by atoms with E-state index in [4.69, 9.17) is 0 Å². The molecule has 2 aliphatic rings. The Morgan fingerprint density at radius 3 is 2.95 bits per heavy atom. The molecule has 0 saturated carbocycles. The van der Waals surface area contributed by atoms with Gasteiger partial charge in [-0.15, -0.1) is 0 Å². The molecule has 3 heterocycles. The van der Waals surface area contributed by atoms with E-state index < -0.39 is 0 Å². The molecule has 20 heavy (non-hydrogen) atoms. The topological polar surface area (TPSA) is 33.1 Å². The number of piperidine rings is 1. The third-order valence-corrected chi connectivity index (χ3v) is 5.80. The summed E-state index contributed by atoms with van der Waals surface area (Å²) in [5.41, 5.74) is 2.44. The molecule has 2 aliphatic heterocycles. The van der Waals surface area contributed by atoms with Crippen molar-refractivity contribution in [3.63, 3.8) is 0 Å². The van der Waals surface area contributed by atoms with Gasteiger partial charge in [-0.05, 0) is 61.1 Å². The SMILES string of the molecule is CCc1nn(C)c(CNC2CCN3CCCC3C2)c1Br. The van der Waals surface area contributed by atoms with E-state index in [0.29, 0.717) is 6.04 Å². The maximum Gasteiger partial charge on any atom is 0.0767 e. The lowest BCUT2D eigenvalue weighted by Gasteiger charge is -2.35. The number of nitrogens with one attached hydrogen (secondary N) is 1. The van der Waals surface area contributed by atoms with Gasteiger partial charge in [-0.1, -0.05) is 6.92 Å². The first-order chi connectivity index (χ1) is 9.69. The molecule has 2 fully saturated rings. The first-order valence-corrected chi connectivity index (χ1v) is 8.66. The van der Waals surface area contributed by atoms with Crippen molar-refractivity contribution in [1.82, 2.24) is 20.0 Å². The fourth-order valence-electron chi connectivity index (χ4n) is 3.66. The molecule has 0 bridgehead atoms. The Balaban J connectivity index is 1.58. The van der Waals surface area contributed by atoms with Gasteiger partial charge in [-0.2, -0.15) is 5.10 Å². The van der Waals surface area contributed by atoms with Crippen LogP contribution in [0.1, 0.15) is 44.0 Å². The Morgan fingerprint density at radius 1 is 1.35 bits per heavy atom. The van der Waals surface area contributed by atoms with Crippen LogP contribution < -0.4 is 5.32 Å². The van der Waals surface area contributed by atoms with Gasteiger partial charge in [0, 0.05) is 25.7 Å². The van der Waals surface area contributed by atoms with E-state index in [9.17, 15) is 0 Å². The summed E-state index contributed by atoms with van der Waals surface area (Å²) in [5.74, 6) is 0. The van der Waals surface area contributed by atoms with E-state index in [2.05, 4.69) is 38.2 Å². The van der Waals surface area contributed by atoms with Gasteiger partial charge in [0.2, 0.25) is 0 Å². The second-order valence-corrected chi connectivity index (χ2v) is 6.91. The standard InChI is InChI=1S/C15H25BrN4/c1-3-13-15(16)14(19(2)18-13)10-17-11-6-8-20-7-4-5-12(20)9-11/h11-12,17H,3-10H2,1-2H3. The van der Waals surface area contributed by atoms with Crippen LogP contribution in [0.4, 0.5) is 0 Å². The maximum atomic E-state index is 4.57. The summed E-state index contributed by atoms with van der Waals surface area (Å²) in [5, 5.41) is 8.32. The number of aromatic nitrogens is 2. The average Bonchev–Trinajstić information content (AvgIpc) is 3.01. The van der Waals surface area contributed by atoms with Crippen LogP contribution in [0.3, 0.4) is 0 Å². The Bertz CT molecular complexity index is 471. The van der Waals surface area contributed by atoms with Crippen molar-refractivity contribution < 1.29 is 0 Å². The number of aryl methyl sites for hydroxylation is 2. The van der Waals surface area contributed by atoms with E-state index >= 15 is 0 Å². The normalized spacial score (nSPS) is 26.9. The van der Waals surface area contributed by atoms with Gasteiger partial charge < -0.3 is 10.2 Å². The van der Waals surface area contributed by atoms with Crippen molar-refractivity contribution >= 4 is 15.9 Å². The smallest absolute Gasteiger partial charge is 0.0767 e. The maximum absolute atomic E-state index is 4.57. The number of hydrogen-bond donors (Lipinski definition) is 1. The molecule has 112 valence electrons.